The van der Waals surface area contributed by atoms with Gasteiger partial charge in [-0.3, -0.25) is 4.79 Å². The van der Waals surface area contributed by atoms with E-state index in [9.17, 15) is 13.6 Å². The Morgan fingerprint density at radius 3 is 1.72 bits per heavy atom. The molecule has 0 atom stereocenters. The number of halogens is 3. The van der Waals surface area contributed by atoms with Gasteiger partial charge in [0.05, 0.1) is 0 Å². The zero-order valence-corrected chi connectivity index (χ0v) is 28.9. The van der Waals surface area contributed by atoms with Crippen molar-refractivity contribution in [2.45, 2.75) is 40.5 Å². The van der Waals surface area contributed by atoms with Gasteiger partial charge < -0.3 is 15.5 Å². The van der Waals surface area contributed by atoms with Gasteiger partial charge in [0.15, 0.2) is 5.84 Å². The molecular weight excluding hydrogens is 658 g/mol. The summed E-state index contributed by atoms with van der Waals surface area (Å²) in [7, 11) is 0. The Morgan fingerprint density at radius 2 is 1.30 bits per heavy atom. The van der Waals surface area contributed by atoms with Crippen molar-refractivity contribution >= 4 is 22.7 Å². The minimum absolute atomic E-state index is 0.0460. The molecule has 5 aromatic rings. The molecule has 0 aliphatic carbocycles. The molecule has 0 spiro atoms. The number of hydrogen-bond donors (Lipinski definition) is 2. The third kappa shape index (κ3) is 14.1. The fourth-order valence-electron chi connectivity index (χ4n) is 4.03. The lowest BCUT2D eigenvalue weighted by atomic mass is 10.1. The molecule has 0 saturated heterocycles. The maximum atomic E-state index is 13.1. The molecule has 0 saturated carbocycles. The minimum atomic E-state index is -0.311. The molecule has 10 heteroatoms. The fourth-order valence-corrected chi connectivity index (χ4v) is 4.34. The SMILES string of the molecule is CC(C)CC(=O)Cl.CC(C)Cc1nc(-c2ccc(C#Cc3cccc(F)c3)cc2)no1.N/C(=N\O)c1ccc(C#Cc2cccc(F)c2)cc1. The quantitative estimate of drug-likeness (QED) is 0.0460. The summed E-state index contributed by atoms with van der Waals surface area (Å²) in [5, 5.41) is 15.2. The summed E-state index contributed by atoms with van der Waals surface area (Å²) in [6.45, 7) is 8.13. The van der Waals surface area contributed by atoms with Crippen molar-refractivity contribution in [1.82, 2.24) is 10.1 Å². The molecule has 3 N–H and O–H groups in total. The number of oxime groups is 1. The van der Waals surface area contributed by atoms with Crippen molar-refractivity contribution in [3.63, 3.8) is 0 Å². The van der Waals surface area contributed by atoms with E-state index < -0.39 is 0 Å². The highest BCUT2D eigenvalue weighted by Gasteiger charge is 2.09. The maximum Gasteiger partial charge on any atom is 0.227 e. The topological polar surface area (TPSA) is 115 Å². The first-order chi connectivity index (χ1) is 23.9. The number of amidine groups is 1. The first-order valence-corrected chi connectivity index (χ1v) is 16.0. The summed E-state index contributed by atoms with van der Waals surface area (Å²) in [4.78, 5) is 14.4. The predicted octanol–water partition coefficient (Wildman–Crippen LogP) is 8.59. The van der Waals surface area contributed by atoms with Crippen LogP contribution in [0.15, 0.2) is 107 Å². The van der Waals surface area contributed by atoms with Crippen molar-refractivity contribution in [2.75, 3.05) is 0 Å². The Labute approximate surface area is 296 Å². The van der Waals surface area contributed by atoms with Crippen LogP contribution in [0.2, 0.25) is 0 Å². The van der Waals surface area contributed by atoms with Gasteiger partial charge in [-0.05, 0) is 108 Å². The van der Waals surface area contributed by atoms with Crippen LogP contribution < -0.4 is 5.73 Å². The summed E-state index contributed by atoms with van der Waals surface area (Å²) in [6.07, 6.45) is 1.26. The van der Waals surface area contributed by atoms with Crippen LogP contribution in [0, 0.1) is 47.2 Å². The summed E-state index contributed by atoms with van der Waals surface area (Å²) >= 11 is 5.03. The third-order valence-corrected chi connectivity index (χ3v) is 6.56. The molecular formula is C40H37ClF2N4O3. The zero-order valence-electron chi connectivity index (χ0n) is 28.1. The Balaban J connectivity index is 0.000000232. The summed E-state index contributed by atoms with van der Waals surface area (Å²) in [5.74, 6) is 13.3. The first kappa shape index (κ1) is 38.7. The number of nitrogens with zero attached hydrogens (tertiary/aromatic N) is 3. The van der Waals surface area contributed by atoms with E-state index in [-0.39, 0.29) is 22.7 Å². The molecule has 0 fully saturated rings. The van der Waals surface area contributed by atoms with Gasteiger partial charge in [-0.25, -0.2) is 8.78 Å². The van der Waals surface area contributed by atoms with Gasteiger partial charge in [-0.1, -0.05) is 73.8 Å². The number of rotatable bonds is 6. The second kappa shape index (κ2) is 19.9. The number of benzene rings is 4. The van der Waals surface area contributed by atoms with Gasteiger partial charge in [0.2, 0.25) is 17.0 Å². The highest BCUT2D eigenvalue weighted by atomic mass is 35.5. The van der Waals surface area contributed by atoms with Crippen molar-refractivity contribution in [3.05, 3.63) is 142 Å². The lowest BCUT2D eigenvalue weighted by Crippen LogP contribution is -2.12. The molecule has 0 radical (unpaired) electrons. The molecule has 0 aliphatic heterocycles. The van der Waals surface area contributed by atoms with Gasteiger partial charge in [0, 0.05) is 46.2 Å². The van der Waals surface area contributed by atoms with Crippen LogP contribution >= 0.6 is 11.6 Å². The van der Waals surface area contributed by atoms with Gasteiger partial charge in [-0.15, -0.1) is 0 Å². The zero-order chi connectivity index (χ0) is 36.5. The van der Waals surface area contributed by atoms with Crippen molar-refractivity contribution in [1.29, 1.82) is 0 Å². The Kier molecular flexibility index (Phi) is 15.4. The number of carbonyl (C=O) groups is 1. The van der Waals surface area contributed by atoms with Crippen LogP contribution in [0.3, 0.4) is 0 Å². The van der Waals surface area contributed by atoms with E-state index in [2.05, 4.69) is 52.8 Å². The van der Waals surface area contributed by atoms with Crippen LogP contribution in [0.1, 0.15) is 67.8 Å². The Bertz CT molecular complexity index is 2000. The highest BCUT2D eigenvalue weighted by molar-refractivity contribution is 6.63. The molecule has 1 aromatic heterocycles. The largest absolute Gasteiger partial charge is 0.409 e. The van der Waals surface area contributed by atoms with Gasteiger partial charge in [0.1, 0.15) is 11.6 Å². The van der Waals surface area contributed by atoms with E-state index >= 15 is 0 Å². The van der Waals surface area contributed by atoms with Crippen LogP contribution in [-0.2, 0) is 11.2 Å². The molecule has 7 nitrogen and oxygen atoms in total. The number of aromatic nitrogens is 2. The van der Waals surface area contributed by atoms with E-state index in [1.807, 2.05) is 38.1 Å². The Morgan fingerprint density at radius 1 is 0.800 bits per heavy atom. The molecule has 0 amide bonds. The standard InChI is InChI=1S/C20H17FN2O.C15H11FN2O.C5H9ClO/c1-14(2)12-19-22-20(23-24-19)17-10-8-15(9-11-17)6-7-16-4-3-5-18(21)13-16;16-14-3-1-2-12(10-14)5-4-11-6-8-13(9-7-11)15(17)18-19;1-4(2)3-5(6)7/h3-5,8-11,13-14H,12H2,1-2H3;1-3,6-10,19H,(H2,17,18);4H,3H2,1-2H3. The van der Waals surface area contributed by atoms with Crippen LogP contribution in [0.5, 0.6) is 0 Å². The van der Waals surface area contributed by atoms with Crippen LogP contribution in [0.25, 0.3) is 11.4 Å². The monoisotopic (exact) mass is 694 g/mol. The molecule has 50 heavy (non-hydrogen) atoms. The van der Waals surface area contributed by atoms with Crippen molar-refractivity contribution in [2.24, 2.45) is 22.7 Å². The first-order valence-electron chi connectivity index (χ1n) is 15.7. The molecule has 256 valence electrons. The van der Waals surface area contributed by atoms with Crippen molar-refractivity contribution < 1.29 is 23.3 Å². The van der Waals surface area contributed by atoms with E-state index in [0.717, 1.165) is 23.1 Å². The Hall–Kier alpha value is -5.77. The van der Waals surface area contributed by atoms with Gasteiger partial charge in [-0.2, -0.15) is 4.98 Å². The van der Waals surface area contributed by atoms with Crippen LogP contribution in [-0.4, -0.2) is 26.4 Å². The normalized spacial score (nSPS) is 10.5. The molecule has 0 bridgehead atoms. The maximum absolute atomic E-state index is 13.1. The smallest absolute Gasteiger partial charge is 0.227 e. The van der Waals surface area contributed by atoms with Gasteiger partial charge in [0.25, 0.3) is 0 Å². The number of carbonyl (C=O) groups excluding carboxylic acids is 1. The fraction of sp³-hybridized carbons (Fsp3) is 0.200. The lowest BCUT2D eigenvalue weighted by Gasteiger charge is -1.97. The van der Waals surface area contributed by atoms with Gasteiger partial charge >= 0.3 is 0 Å². The van der Waals surface area contributed by atoms with E-state index in [0.29, 0.717) is 46.7 Å². The molecule has 0 unspecified atom stereocenters. The highest BCUT2D eigenvalue weighted by Crippen LogP contribution is 2.18. The molecule has 1 heterocycles. The van der Waals surface area contributed by atoms with E-state index in [1.54, 1.807) is 48.5 Å². The average molecular weight is 695 g/mol. The minimum Gasteiger partial charge on any atom is -0.409 e. The second-order valence-corrected chi connectivity index (χ2v) is 12.1. The summed E-state index contributed by atoms with van der Waals surface area (Å²) in [6, 6.07) is 26.8. The molecule has 0 aliphatic rings. The lowest BCUT2D eigenvalue weighted by molar-refractivity contribution is -0.112. The summed E-state index contributed by atoms with van der Waals surface area (Å²) in [5.41, 5.74) is 9.80. The average Bonchev–Trinajstić information content (AvgIpc) is 3.54. The number of nitrogens with two attached hydrogens (primary N) is 1. The molecule has 4 aromatic carbocycles. The summed E-state index contributed by atoms with van der Waals surface area (Å²) < 4.78 is 31.3. The molecule has 5 rings (SSSR count). The van der Waals surface area contributed by atoms with E-state index in [1.165, 1.54) is 24.3 Å². The van der Waals surface area contributed by atoms with Crippen LogP contribution in [0.4, 0.5) is 8.78 Å². The number of hydrogen-bond acceptors (Lipinski definition) is 6. The van der Waals surface area contributed by atoms with Crippen molar-refractivity contribution in [3.8, 4) is 35.1 Å². The third-order valence-electron chi connectivity index (χ3n) is 6.40. The van der Waals surface area contributed by atoms with E-state index in [4.69, 9.17) is 27.1 Å². The predicted molar refractivity (Wildman–Crippen MR) is 192 cm³/mol. The second-order valence-electron chi connectivity index (χ2n) is 11.7.